The van der Waals surface area contributed by atoms with E-state index in [4.69, 9.17) is 9.47 Å². The molecule has 0 N–H and O–H groups in total. The molecule has 0 bridgehead atoms. The summed E-state index contributed by atoms with van der Waals surface area (Å²) in [5.74, 6) is 0.139. The Labute approximate surface area is 243 Å². The summed E-state index contributed by atoms with van der Waals surface area (Å²) in [5, 5.41) is 0.631. The number of nitrogens with zero attached hydrogens (tertiary/aromatic N) is 4. The number of benzene rings is 2. The van der Waals surface area contributed by atoms with E-state index in [1.165, 1.54) is 38.5 Å². The van der Waals surface area contributed by atoms with Crippen molar-refractivity contribution in [3.05, 3.63) is 54.2 Å². The summed E-state index contributed by atoms with van der Waals surface area (Å²) in [6, 6.07) is 11.6. The maximum atomic E-state index is 14.1. The molecule has 2 aliphatic heterocycles. The van der Waals surface area contributed by atoms with Gasteiger partial charge in [0.1, 0.15) is 10.6 Å². The van der Waals surface area contributed by atoms with Crippen LogP contribution in [0.1, 0.15) is 43.0 Å². The van der Waals surface area contributed by atoms with E-state index >= 15 is 0 Å². The van der Waals surface area contributed by atoms with Crippen molar-refractivity contribution in [2.75, 3.05) is 71.0 Å². The molecule has 1 aromatic heterocycles. The largest absolute Gasteiger partial charge is 0.497 e. The van der Waals surface area contributed by atoms with Gasteiger partial charge < -0.3 is 24.2 Å². The number of sulfone groups is 1. The molecule has 0 radical (unpaired) electrons. The summed E-state index contributed by atoms with van der Waals surface area (Å²) in [5.41, 5.74) is 1.60. The molecule has 41 heavy (non-hydrogen) atoms. The molecule has 9 nitrogen and oxygen atoms in total. The molecule has 3 heterocycles. The number of esters is 1. The molecule has 2 aromatic carbocycles. The number of hydrogen-bond donors (Lipinski definition) is 0. The first-order chi connectivity index (χ1) is 19.9. The van der Waals surface area contributed by atoms with E-state index in [1.54, 1.807) is 56.5 Å². The Hall–Kier alpha value is -3.21. The fourth-order valence-corrected chi connectivity index (χ4v) is 7.22. The molecule has 2 fully saturated rings. The number of likely N-dealkylation sites (tertiary alicyclic amines) is 1. The average molecular weight is 581 g/mol. The molecule has 3 aromatic rings. The summed E-state index contributed by atoms with van der Waals surface area (Å²) in [7, 11) is -2.38. The monoisotopic (exact) mass is 580 g/mol. The molecule has 5 rings (SSSR count). The number of pyridine rings is 1. The second-order valence-electron chi connectivity index (χ2n) is 10.7. The van der Waals surface area contributed by atoms with Crippen molar-refractivity contribution in [1.82, 2.24) is 14.8 Å². The van der Waals surface area contributed by atoms with E-state index in [0.29, 0.717) is 41.0 Å². The van der Waals surface area contributed by atoms with Gasteiger partial charge in [-0.25, -0.2) is 13.2 Å². The first kappa shape index (κ1) is 29.3. The highest BCUT2D eigenvalue weighted by atomic mass is 32.2. The van der Waals surface area contributed by atoms with Crippen LogP contribution in [0.5, 0.6) is 5.75 Å². The summed E-state index contributed by atoms with van der Waals surface area (Å²) in [6.45, 7) is 9.62. The molecular weight excluding hydrogens is 540 g/mol. The molecule has 0 spiro atoms. The second kappa shape index (κ2) is 13.2. The summed E-state index contributed by atoms with van der Waals surface area (Å²) < 4.78 is 38.6. The standard InChI is InChI=1S/C31H40N4O5S/c1-3-40-31(36)24-8-13-28-27(22-24)30(29(23-32-28)41(37,38)26-11-9-25(39-2)10-12-26)35-17-7-16-34(20-21-35)19-18-33-14-5-4-6-15-33/h8-13,22-23H,3-7,14-21H2,1-2H3. The Balaban J connectivity index is 1.51. The van der Waals surface area contributed by atoms with Crippen LogP contribution in [-0.4, -0.2) is 95.2 Å². The van der Waals surface area contributed by atoms with Gasteiger partial charge in [-0.2, -0.15) is 0 Å². The predicted octanol–water partition coefficient (Wildman–Crippen LogP) is 4.25. The number of aromatic nitrogens is 1. The van der Waals surface area contributed by atoms with Crippen LogP contribution in [0.2, 0.25) is 0 Å². The number of methoxy groups -OCH3 is 1. The highest BCUT2D eigenvalue weighted by Crippen LogP contribution is 2.37. The van der Waals surface area contributed by atoms with Gasteiger partial charge in [0.25, 0.3) is 0 Å². The molecular formula is C31H40N4O5S. The molecule has 2 saturated heterocycles. The lowest BCUT2D eigenvalue weighted by atomic mass is 10.1. The lowest BCUT2D eigenvalue weighted by Gasteiger charge is -2.30. The third kappa shape index (κ3) is 6.66. The lowest BCUT2D eigenvalue weighted by Crippen LogP contribution is -2.39. The van der Waals surface area contributed by atoms with Crippen LogP contribution >= 0.6 is 0 Å². The molecule has 2 aliphatic rings. The Morgan fingerprint density at radius 1 is 0.878 bits per heavy atom. The molecule has 220 valence electrons. The first-order valence-electron chi connectivity index (χ1n) is 14.6. The molecule has 0 amide bonds. The SMILES string of the molecule is CCOC(=O)c1ccc2ncc(S(=O)(=O)c3ccc(OC)cc3)c(N3CCCN(CCN4CCCCC4)CC3)c2c1. The van der Waals surface area contributed by atoms with Gasteiger partial charge in [0.05, 0.1) is 35.4 Å². The number of fused-ring (bicyclic) bond motifs is 1. The lowest BCUT2D eigenvalue weighted by molar-refractivity contribution is 0.0526. The van der Waals surface area contributed by atoms with Crippen LogP contribution in [0.3, 0.4) is 0 Å². The maximum Gasteiger partial charge on any atom is 0.338 e. The van der Waals surface area contributed by atoms with Gasteiger partial charge in [0.2, 0.25) is 9.84 Å². The van der Waals surface area contributed by atoms with Crippen molar-refractivity contribution >= 4 is 32.4 Å². The minimum Gasteiger partial charge on any atom is -0.497 e. The zero-order chi connectivity index (χ0) is 28.8. The van der Waals surface area contributed by atoms with Gasteiger partial charge >= 0.3 is 5.97 Å². The van der Waals surface area contributed by atoms with Crippen LogP contribution in [0.15, 0.2) is 58.5 Å². The second-order valence-corrected chi connectivity index (χ2v) is 12.6. The van der Waals surface area contributed by atoms with Crippen LogP contribution < -0.4 is 9.64 Å². The molecule has 10 heteroatoms. The van der Waals surface area contributed by atoms with Crippen molar-refractivity contribution < 1.29 is 22.7 Å². The van der Waals surface area contributed by atoms with E-state index in [9.17, 15) is 13.2 Å². The smallest absolute Gasteiger partial charge is 0.338 e. The van der Waals surface area contributed by atoms with E-state index < -0.39 is 15.8 Å². The Bertz CT molecular complexity index is 1460. The Morgan fingerprint density at radius 3 is 2.29 bits per heavy atom. The van der Waals surface area contributed by atoms with Crippen LogP contribution in [0.25, 0.3) is 10.9 Å². The highest BCUT2D eigenvalue weighted by Gasteiger charge is 2.29. The molecule has 0 unspecified atom stereocenters. The molecule has 0 aliphatic carbocycles. The van der Waals surface area contributed by atoms with Crippen molar-refractivity contribution in [2.45, 2.75) is 42.4 Å². The number of ether oxygens (including phenoxy) is 2. The summed E-state index contributed by atoms with van der Waals surface area (Å²) >= 11 is 0. The quantitative estimate of drug-likeness (QED) is 0.345. The molecule has 0 atom stereocenters. The van der Waals surface area contributed by atoms with Crippen LogP contribution in [0, 0.1) is 0 Å². The fourth-order valence-electron chi connectivity index (χ4n) is 5.79. The third-order valence-corrected chi connectivity index (χ3v) is 9.83. The van der Waals surface area contributed by atoms with E-state index in [-0.39, 0.29) is 16.4 Å². The van der Waals surface area contributed by atoms with E-state index in [2.05, 4.69) is 19.7 Å². The summed E-state index contributed by atoms with van der Waals surface area (Å²) in [4.78, 5) is 24.7. The zero-order valence-electron chi connectivity index (χ0n) is 24.0. The van der Waals surface area contributed by atoms with Gasteiger partial charge in [0, 0.05) is 44.3 Å². The third-order valence-electron chi connectivity index (χ3n) is 8.06. The Kier molecular flexibility index (Phi) is 9.42. The van der Waals surface area contributed by atoms with Crippen LogP contribution in [-0.2, 0) is 14.6 Å². The van der Waals surface area contributed by atoms with Crippen LogP contribution in [0.4, 0.5) is 5.69 Å². The van der Waals surface area contributed by atoms with Crippen molar-refractivity contribution in [1.29, 1.82) is 0 Å². The molecule has 0 saturated carbocycles. The van der Waals surface area contributed by atoms with Crippen molar-refractivity contribution in [3.63, 3.8) is 0 Å². The van der Waals surface area contributed by atoms with Gasteiger partial charge in [-0.05, 0) is 88.3 Å². The first-order valence-corrected chi connectivity index (χ1v) is 16.1. The minimum absolute atomic E-state index is 0.137. The van der Waals surface area contributed by atoms with Gasteiger partial charge in [-0.15, -0.1) is 0 Å². The van der Waals surface area contributed by atoms with E-state index in [0.717, 1.165) is 32.6 Å². The summed E-state index contributed by atoms with van der Waals surface area (Å²) in [6.07, 6.45) is 6.25. The number of anilines is 1. The fraction of sp³-hybridized carbons (Fsp3) is 0.484. The van der Waals surface area contributed by atoms with Crippen molar-refractivity contribution in [2.24, 2.45) is 0 Å². The number of piperidine rings is 1. The average Bonchev–Trinajstić information content (AvgIpc) is 3.25. The Morgan fingerprint density at radius 2 is 1.59 bits per heavy atom. The number of carbonyl (C=O) groups excluding carboxylic acids is 1. The van der Waals surface area contributed by atoms with Crippen molar-refractivity contribution in [3.8, 4) is 5.75 Å². The highest BCUT2D eigenvalue weighted by molar-refractivity contribution is 7.91. The number of rotatable bonds is 9. The zero-order valence-corrected chi connectivity index (χ0v) is 24.9. The van der Waals surface area contributed by atoms with Gasteiger partial charge in [0.15, 0.2) is 0 Å². The van der Waals surface area contributed by atoms with Gasteiger partial charge in [-0.1, -0.05) is 6.42 Å². The number of carbonyl (C=O) groups is 1. The minimum atomic E-state index is -3.93. The predicted molar refractivity (Wildman–Crippen MR) is 160 cm³/mol. The van der Waals surface area contributed by atoms with E-state index in [1.807, 2.05) is 0 Å². The van der Waals surface area contributed by atoms with Gasteiger partial charge in [-0.3, -0.25) is 4.98 Å². The number of hydrogen-bond acceptors (Lipinski definition) is 9. The topological polar surface area (TPSA) is 92.3 Å². The normalized spacial score (nSPS) is 17.4. The maximum absolute atomic E-state index is 14.1.